The number of allylic oxidation sites excluding steroid dienone is 2. The molecule has 1 N–H and O–H groups in total. The van der Waals surface area contributed by atoms with E-state index >= 15 is 0 Å². The lowest BCUT2D eigenvalue weighted by molar-refractivity contribution is -0.0500. The molecule has 3 saturated carbocycles. The summed E-state index contributed by atoms with van der Waals surface area (Å²) in [5.74, 6) is 5.20. The fourth-order valence-electron chi connectivity index (χ4n) is 8.75. The van der Waals surface area contributed by atoms with E-state index in [0.29, 0.717) is 23.4 Å². The number of rotatable bonds is 6. The van der Waals surface area contributed by atoms with Gasteiger partial charge in [0, 0.05) is 6.61 Å². The van der Waals surface area contributed by atoms with Crippen LogP contribution in [0.5, 0.6) is 0 Å². The Morgan fingerprint density at radius 1 is 1.04 bits per heavy atom. The molecule has 0 aliphatic heterocycles. The second kappa shape index (κ2) is 8.09. The van der Waals surface area contributed by atoms with Crippen molar-refractivity contribution in [3.8, 4) is 0 Å². The number of hydrogen-bond donors (Lipinski definition) is 1. The van der Waals surface area contributed by atoms with Crippen LogP contribution in [-0.4, -0.2) is 11.7 Å². The van der Waals surface area contributed by atoms with Gasteiger partial charge in [-0.2, -0.15) is 0 Å². The van der Waals surface area contributed by atoms with Crippen LogP contribution in [0.3, 0.4) is 0 Å². The van der Waals surface area contributed by atoms with E-state index in [1.165, 1.54) is 77.0 Å². The van der Waals surface area contributed by atoms with Crippen molar-refractivity contribution < 1.29 is 5.11 Å². The van der Waals surface area contributed by atoms with Gasteiger partial charge in [0.25, 0.3) is 0 Å². The maximum Gasteiger partial charge on any atom is 0.0456 e. The van der Waals surface area contributed by atoms with Gasteiger partial charge in [-0.15, -0.1) is 0 Å². The third kappa shape index (κ3) is 3.42. The molecular formula is C27H46O. The summed E-state index contributed by atoms with van der Waals surface area (Å²) in [6, 6.07) is 0. The highest BCUT2D eigenvalue weighted by Gasteiger charge is 2.58. The summed E-state index contributed by atoms with van der Waals surface area (Å²) < 4.78 is 0. The van der Waals surface area contributed by atoms with Crippen LogP contribution >= 0.6 is 0 Å². The summed E-state index contributed by atoms with van der Waals surface area (Å²) in [6.07, 6.45) is 19.7. The Morgan fingerprint density at radius 2 is 1.86 bits per heavy atom. The third-order valence-electron chi connectivity index (χ3n) is 10.4. The molecule has 0 radical (unpaired) electrons. The molecule has 160 valence electrons. The van der Waals surface area contributed by atoms with Gasteiger partial charge >= 0.3 is 0 Å². The lowest BCUT2D eigenvalue weighted by Gasteiger charge is -2.58. The Hall–Kier alpha value is -0.300. The van der Waals surface area contributed by atoms with Crippen molar-refractivity contribution in [3.05, 3.63) is 11.6 Å². The van der Waals surface area contributed by atoms with Crippen LogP contribution in [0.4, 0.5) is 0 Å². The Morgan fingerprint density at radius 3 is 2.64 bits per heavy atom. The molecule has 0 aromatic carbocycles. The van der Waals surface area contributed by atoms with Crippen molar-refractivity contribution in [3.63, 3.8) is 0 Å². The van der Waals surface area contributed by atoms with Crippen LogP contribution in [0.25, 0.3) is 0 Å². The van der Waals surface area contributed by atoms with Crippen molar-refractivity contribution in [1.82, 2.24) is 0 Å². The quantitative estimate of drug-likeness (QED) is 0.472. The molecule has 28 heavy (non-hydrogen) atoms. The van der Waals surface area contributed by atoms with E-state index in [-0.39, 0.29) is 0 Å². The zero-order chi connectivity index (χ0) is 19.9. The minimum absolute atomic E-state index is 0.356. The van der Waals surface area contributed by atoms with Crippen molar-refractivity contribution >= 4 is 0 Å². The average molecular weight is 387 g/mol. The predicted molar refractivity (Wildman–Crippen MR) is 119 cm³/mol. The molecule has 0 heterocycles. The highest BCUT2D eigenvalue weighted by molar-refractivity contribution is 5.24. The molecule has 0 spiro atoms. The van der Waals surface area contributed by atoms with Gasteiger partial charge in [0.15, 0.2) is 0 Å². The fourth-order valence-corrected chi connectivity index (χ4v) is 8.75. The topological polar surface area (TPSA) is 20.2 Å². The molecule has 4 aliphatic carbocycles. The van der Waals surface area contributed by atoms with Gasteiger partial charge in [-0.3, -0.25) is 0 Å². The predicted octanol–water partition coefficient (Wildman–Crippen LogP) is 7.39. The van der Waals surface area contributed by atoms with Crippen LogP contribution < -0.4 is 0 Å². The highest BCUT2D eigenvalue weighted by atomic mass is 16.3. The molecule has 1 heteroatoms. The molecule has 0 bridgehead atoms. The van der Waals surface area contributed by atoms with Crippen LogP contribution in [-0.2, 0) is 0 Å². The molecule has 8 atom stereocenters. The second-order valence-electron chi connectivity index (χ2n) is 11.9. The van der Waals surface area contributed by atoms with Gasteiger partial charge in [0.2, 0.25) is 0 Å². The molecule has 0 aromatic heterocycles. The first kappa shape index (κ1) is 21.0. The number of hydrogen-bond acceptors (Lipinski definition) is 1. The van der Waals surface area contributed by atoms with E-state index in [4.69, 9.17) is 0 Å². The molecule has 4 rings (SSSR count). The minimum atomic E-state index is 0.356. The molecule has 0 unspecified atom stereocenters. The van der Waals surface area contributed by atoms with Gasteiger partial charge in [0.1, 0.15) is 0 Å². The molecule has 0 saturated heterocycles. The number of aliphatic hydroxyl groups is 1. The van der Waals surface area contributed by atoms with E-state index in [9.17, 15) is 5.11 Å². The summed E-state index contributed by atoms with van der Waals surface area (Å²) in [6.45, 7) is 10.4. The van der Waals surface area contributed by atoms with Gasteiger partial charge in [-0.25, -0.2) is 0 Å². The van der Waals surface area contributed by atoms with E-state index in [1.807, 2.05) is 5.57 Å². The smallest absolute Gasteiger partial charge is 0.0456 e. The molecule has 1 nitrogen and oxygen atoms in total. The van der Waals surface area contributed by atoms with Crippen LogP contribution in [0, 0.1) is 46.3 Å². The maximum atomic E-state index is 9.32. The molecule has 4 aliphatic rings. The third-order valence-corrected chi connectivity index (χ3v) is 10.4. The van der Waals surface area contributed by atoms with Gasteiger partial charge in [0.05, 0.1) is 0 Å². The zero-order valence-corrected chi connectivity index (χ0v) is 19.2. The summed E-state index contributed by atoms with van der Waals surface area (Å²) in [4.78, 5) is 0. The van der Waals surface area contributed by atoms with Gasteiger partial charge in [-0.05, 0) is 104 Å². The van der Waals surface area contributed by atoms with Crippen molar-refractivity contribution in [2.24, 2.45) is 46.3 Å². The van der Waals surface area contributed by atoms with Crippen molar-refractivity contribution in [2.75, 3.05) is 6.61 Å². The van der Waals surface area contributed by atoms with E-state index in [0.717, 1.165) is 29.6 Å². The van der Waals surface area contributed by atoms with Crippen LogP contribution in [0.2, 0.25) is 0 Å². The molecule has 0 amide bonds. The second-order valence-corrected chi connectivity index (χ2v) is 11.9. The molecule has 0 aromatic rings. The van der Waals surface area contributed by atoms with Gasteiger partial charge in [-0.1, -0.05) is 58.6 Å². The first-order chi connectivity index (χ1) is 13.4. The lowest BCUT2D eigenvalue weighted by Crippen LogP contribution is -2.50. The monoisotopic (exact) mass is 386 g/mol. The normalized spacial score (nSPS) is 44.8. The van der Waals surface area contributed by atoms with Crippen molar-refractivity contribution in [1.29, 1.82) is 0 Å². The Balaban J connectivity index is 1.45. The molecule has 3 fully saturated rings. The van der Waals surface area contributed by atoms with Crippen LogP contribution in [0.15, 0.2) is 11.6 Å². The highest BCUT2D eigenvalue weighted by Crippen LogP contribution is 2.67. The number of fused-ring (bicyclic) bond motifs is 5. The van der Waals surface area contributed by atoms with E-state index in [1.54, 1.807) is 0 Å². The van der Waals surface area contributed by atoms with Crippen LogP contribution in [0.1, 0.15) is 105 Å². The lowest BCUT2D eigenvalue weighted by atomic mass is 9.47. The number of aliphatic hydroxyl groups excluding tert-OH is 1. The summed E-state index contributed by atoms with van der Waals surface area (Å²) in [5.41, 5.74) is 3.00. The Kier molecular flexibility index (Phi) is 6.05. The average Bonchev–Trinajstić information content (AvgIpc) is 3.04. The maximum absolute atomic E-state index is 9.32. The first-order valence-corrected chi connectivity index (χ1v) is 12.7. The van der Waals surface area contributed by atoms with E-state index < -0.39 is 0 Å². The first-order valence-electron chi connectivity index (χ1n) is 12.7. The standard InChI is InChI=1S/C27H46O/c1-19(18-28)8-7-9-20(2)23-13-14-24-22-12-11-21-10-5-6-16-26(21,3)25(22)15-17-27(23,24)4/h11,19-20,22-25,28H,5-10,12-18H2,1-4H3/t19-,20-,22+,23-,24+,25+,26+,27-/m1/s1. The summed E-state index contributed by atoms with van der Waals surface area (Å²) in [5, 5.41) is 9.32. The Labute approximate surface area is 174 Å². The minimum Gasteiger partial charge on any atom is -0.396 e. The molecular weight excluding hydrogens is 340 g/mol. The Bertz CT molecular complexity index is 579. The zero-order valence-electron chi connectivity index (χ0n) is 19.2. The largest absolute Gasteiger partial charge is 0.396 e. The van der Waals surface area contributed by atoms with E-state index in [2.05, 4.69) is 33.8 Å². The van der Waals surface area contributed by atoms with Gasteiger partial charge < -0.3 is 5.11 Å². The summed E-state index contributed by atoms with van der Waals surface area (Å²) in [7, 11) is 0. The van der Waals surface area contributed by atoms with Crippen molar-refractivity contribution in [2.45, 2.75) is 105 Å². The SMILES string of the molecule is C[C@@H](CO)CCC[C@@H](C)[C@H]1CC[C@H]2[C@@H]3CC=C4CCCC[C@]4(C)[C@H]3CC[C@]12C. The summed E-state index contributed by atoms with van der Waals surface area (Å²) >= 11 is 0. The fraction of sp³-hybridized carbons (Fsp3) is 0.926.